The second-order valence-corrected chi connectivity index (χ2v) is 6.56. The molecule has 0 spiro atoms. The molecule has 5 atom stereocenters. The predicted octanol–water partition coefficient (Wildman–Crippen LogP) is 3.32. The Labute approximate surface area is 103 Å². The molecule has 0 unspecified atom stereocenters. The summed E-state index contributed by atoms with van der Waals surface area (Å²) in [5, 5.41) is 0. The van der Waals surface area contributed by atoms with E-state index >= 15 is 0 Å². The van der Waals surface area contributed by atoms with Gasteiger partial charge in [0.2, 0.25) is 0 Å². The number of hydrogen-bond donors (Lipinski definition) is 0. The van der Waals surface area contributed by atoms with Gasteiger partial charge in [-0.25, -0.2) is 0 Å². The van der Waals surface area contributed by atoms with E-state index in [0.717, 1.165) is 12.8 Å². The van der Waals surface area contributed by atoms with Gasteiger partial charge in [-0.15, -0.1) is 0 Å². The molecule has 1 heterocycles. The van der Waals surface area contributed by atoms with Crippen molar-refractivity contribution in [3.05, 3.63) is 11.6 Å². The maximum atomic E-state index is 11.7. The first-order chi connectivity index (χ1) is 8.01. The summed E-state index contributed by atoms with van der Waals surface area (Å²) >= 11 is 0. The van der Waals surface area contributed by atoms with Gasteiger partial charge in [-0.2, -0.15) is 0 Å². The third-order valence-electron chi connectivity index (χ3n) is 5.51. The van der Waals surface area contributed by atoms with Gasteiger partial charge in [0.15, 0.2) is 0 Å². The van der Waals surface area contributed by atoms with Crippen molar-refractivity contribution in [3.8, 4) is 0 Å². The van der Waals surface area contributed by atoms with Crippen molar-refractivity contribution in [2.45, 2.75) is 52.6 Å². The molecule has 1 aliphatic heterocycles. The number of esters is 1. The Kier molecular flexibility index (Phi) is 2.39. The molecule has 0 amide bonds. The zero-order chi connectivity index (χ0) is 12.2. The second-order valence-electron chi connectivity index (χ2n) is 6.56. The molecule has 3 rings (SSSR count). The summed E-state index contributed by atoms with van der Waals surface area (Å²) in [6, 6.07) is 0. The molecular formula is C15H22O2. The van der Waals surface area contributed by atoms with Crippen molar-refractivity contribution < 1.29 is 9.53 Å². The normalized spacial score (nSPS) is 49.1. The van der Waals surface area contributed by atoms with Gasteiger partial charge in [-0.1, -0.05) is 25.5 Å². The zero-order valence-electron chi connectivity index (χ0n) is 11.0. The van der Waals surface area contributed by atoms with Gasteiger partial charge in [0.05, 0.1) is 5.92 Å². The maximum Gasteiger partial charge on any atom is 0.309 e. The molecule has 0 bridgehead atoms. The average molecular weight is 234 g/mol. The standard InChI is InChI=1S/C15H22O2/c1-9-5-4-6-15(3)8-13-11(7-12(9)15)10(2)14(16)17-13/h5,10-13H,4,6-8H2,1-3H3/t10-,11+,12-,13-,15+/m0/s1. The van der Waals surface area contributed by atoms with Crippen LogP contribution in [0.25, 0.3) is 0 Å². The van der Waals surface area contributed by atoms with Gasteiger partial charge in [0.25, 0.3) is 0 Å². The smallest absolute Gasteiger partial charge is 0.309 e. The first kappa shape index (κ1) is 11.3. The molecule has 1 saturated heterocycles. The van der Waals surface area contributed by atoms with Crippen molar-refractivity contribution in [2.24, 2.45) is 23.2 Å². The van der Waals surface area contributed by atoms with Crippen molar-refractivity contribution in [1.82, 2.24) is 0 Å². The number of fused-ring (bicyclic) bond motifs is 2. The molecule has 0 aromatic heterocycles. The summed E-state index contributed by atoms with van der Waals surface area (Å²) in [6.07, 6.45) is 7.27. The second kappa shape index (κ2) is 3.60. The number of ether oxygens (including phenoxy) is 1. The van der Waals surface area contributed by atoms with Gasteiger partial charge in [0, 0.05) is 5.92 Å². The van der Waals surface area contributed by atoms with Crippen LogP contribution in [0.5, 0.6) is 0 Å². The molecule has 1 saturated carbocycles. The van der Waals surface area contributed by atoms with E-state index in [0.29, 0.717) is 17.3 Å². The van der Waals surface area contributed by atoms with Gasteiger partial charge < -0.3 is 4.74 Å². The summed E-state index contributed by atoms with van der Waals surface area (Å²) in [4.78, 5) is 11.7. The maximum absolute atomic E-state index is 11.7. The van der Waals surface area contributed by atoms with Crippen LogP contribution in [0.15, 0.2) is 11.6 Å². The molecule has 94 valence electrons. The third-order valence-corrected chi connectivity index (χ3v) is 5.51. The molecule has 2 heteroatoms. The lowest BCUT2D eigenvalue weighted by Gasteiger charge is -2.48. The van der Waals surface area contributed by atoms with Crippen molar-refractivity contribution in [3.63, 3.8) is 0 Å². The van der Waals surface area contributed by atoms with E-state index in [1.54, 1.807) is 5.57 Å². The van der Waals surface area contributed by atoms with Crippen LogP contribution in [0.1, 0.15) is 46.5 Å². The highest BCUT2D eigenvalue weighted by Gasteiger charge is 2.53. The van der Waals surface area contributed by atoms with Crippen LogP contribution >= 0.6 is 0 Å². The van der Waals surface area contributed by atoms with Crippen molar-refractivity contribution in [2.75, 3.05) is 0 Å². The molecule has 2 aliphatic carbocycles. The van der Waals surface area contributed by atoms with Gasteiger partial charge in [-0.3, -0.25) is 4.79 Å². The van der Waals surface area contributed by atoms with E-state index in [1.165, 1.54) is 12.8 Å². The fraction of sp³-hybridized carbons (Fsp3) is 0.800. The SMILES string of the molecule is CC1=CCC[C@]2(C)C[C@@H]3OC(=O)[C@@H](C)[C@H]3C[C@@H]12. The highest BCUT2D eigenvalue weighted by Crippen LogP contribution is 2.55. The molecule has 2 nitrogen and oxygen atoms in total. The number of carbonyl (C=O) groups excluding carboxylic acids is 1. The first-order valence-electron chi connectivity index (χ1n) is 6.88. The van der Waals surface area contributed by atoms with E-state index in [4.69, 9.17) is 4.74 Å². The molecule has 17 heavy (non-hydrogen) atoms. The number of rotatable bonds is 0. The van der Waals surface area contributed by atoms with Crippen molar-refractivity contribution >= 4 is 5.97 Å². The van der Waals surface area contributed by atoms with Crippen molar-refractivity contribution in [1.29, 1.82) is 0 Å². The summed E-state index contributed by atoms with van der Waals surface area (Å²) < 4.78 is 5.57. The molecule has 0 radical (unpaired) electrons. The van der Waals surface area contributed by atoms with Crippen LogP contribution < -0.4 is 0 Å². The Balaban J connectivity index is 1.91. The molecule has 3 aliphatic rings. The number of hydrogen-bond acceptors (Lipinski definition) is 2. The third kappa shape index (κ3) is 1.56. The summed E-state index contributed by atoms with van der Waals surface area (Å²) in [5.74, 6) is 1.28. The monoisotopic (exact) mass is 234 g/mol. The lowest BCUT2D eigenvalue weighted by atomic mass is 9.56. The topological polar surface area (TPSA) is 26.3 Å². The van der Waals surface area contributed by atoms with E-state index in [-0.39, 0.29) is 18.0 Å². The Hall–Kier alpha value is -0.790. The average Bonchev–Trinajstić information content (AvgIpc) is 2.52. The van der Waals surface area contributed by atoms with Crippen LogP contribution in [-0.2, 0) is 9.53 Å². The largest absolute Gasteiger partial charge is 0.462 e. The first-order valence-corrected chi connectivity index (χ1v) is 6.88. The lowest BCUT2D eigenvalue weighted by molar-refractivity contribution is -0.145. The van der Waals surface area contributed by atoms with Crippen LogP contribution in [0.3, 0.4) is 0 Å². The molecule has 0 aromatic carbocycles. The molecule has 0 aromatic rings. The molecule has 0 N–H and O–H groups in total. The Morgan fingerprint density at radius 3 is 3.00 bits per heavy atom. The molecule has 2 fully saturated rings. The van der Waals surface area contributed by atoms with Gasteiger partial charge in [-0.05, 0) is 43.9 Å². The highest BCUT2D eigenvalue weighted by molar-refractivity contribution is 5.75. The Bertz CT molecular complexity index is 384. The summed E-state index contributed by atoms with van der Waals surface area (Å²) in [6.45, 7) is 6.70. The number of carbonyl (C=O) groups is 1. The minimum Gasteiger partial charge on any atom is -0.462 e. The molecular weight excluding hydrogens is 212 g/mol. The van der Waals surface area contributed by atoms with E-state index in [2.05, 4.69) is 19.9 Å². The van der Waals surface area contributed by atoms with E-state index in [1.807, 2.05) is 6.92 Å². The fourth-order valence-electron chi connectivity index (χ4n) is 4.33. The summed E-state index contributed by atoms with van der Waals surface area (Å²) in [5.41, 5.74) is 1.91. The quantitative estimate of drug-likeness (QED) is 0.475. The van der Waals surface area contributed by atoms with E-state index < -0.39 is 0 Å². The van der Waals surface area contributed by atoms with Crippen LogP contribution in [-0.4, -0.2) is 12.1 Å². The predicted molar refractivity (Wildman–Crippen MR) is 66.4 cm³/mol. The zero-order valence-corrected chi connectivity index (χ0v) is 11.0. The summed E-state index contributed by atoms with van der Waals surface area (Å²) in [7, 11) is 0. The lowest BCUT2D eigenvalue weighted by Crippen LogP contribution is -2.43. The van der Waals surface area contributed by atoms with Gasteiger partial charge in [0.1, 0.15) is 6.10 Å². The van der Waals surface area contributed by atoms with Crippen LogP contribution in [0, 0.1) is 23.2 Å². The van der Waals surface area contributed by atoms with Crippen LogP contribution in [0.4, 0.5) is 0 Å². The Morgan fingerprint density at radius 2 is 2.24 bits per heavy atom. The Morgan fingerprint density at radius 1 is 1.47 bits per heavy atom. The highest BCUT2D eigenvalue weighted by atomic mass is 16.6. The van der Waals surface area contributed by atoms with Crippen LogP contribution in [0.2, 0.25) is 0 Å². The van der Waals surface area contributed by atoms with Gasteiger partial charge >= 0.3 is 5.97 Å². The minimum absolute atomic E-state index is 0.0314. The number of allylic oxidation sites excluding steroid dienone is 2. The fourth-order valence-corrected chi connectivity index (χ4v) is 4.33. The minimum atomic E-state index is 0.0314. The van der Waals surface area contributed by atoms with E-state index in [9.17, 15) is 4.79 Å².